The van der Waals surface area contributed by atoms with Gasteiger partial charge in [-0.2, -0.15) is 13.2 Å². The molecule has 5 nitrogen and oxygen atoms in total. The van der Waals surface area contributed by atoms with E-state index in [0.717, 1.165) is 12.1 Å². The number of methoxy groups -OCH3 is 1. The van der Waals surface area contributed by atoms with Crippen LogP contribution in [0, 0.1) is 0 Å². The van der Waals surface area contributed by atoms with Crippen molar-refractivity contribution in [1.82, 2.24) is 0 Å². The number of imide groups is 1. The molecule has 166 valence electrons. The molecule has 0 saturated carbocycles. The number of rotatable bonds is 2. The first-order valence-corrected chi connectivity index (χ1v) is 9.78. The summed E-state index contributed by atoms with van der Waals surface area (Å²) in [5, 5.41) is 0.216. The van der Waals surface area contributed by atoms with E-state index in [-0.39, 0.29) is 27.6 Å². The number of carbonyl (C=O) groups excluding carboxylic acids is 2. The van der Waals surface area contributed by atoms with Gasteiger partial charge in [-0.15, -0.1) is 0 Å². The van der Waals surface area contributed by atoms with Gasteiger partial charge >= 0.3 is 12.3 Å². The Morgan fingerprint density at radius 2 is 1.71 bits per heavy atom. The Hall–Kier alpha value is -2.45. The molecule has 0 aliphatic carbocycles. The van der Waals surface area contributed by atoms with E-state index in [1.807, 2.05) is 0 Å². The van der Waals surface area contributed by atoms with E-state index in [1.54, 1.807) is 20.8 Å². The molecule has 0 aromatic heterocycles. The van der Waals surface area contributed by atoms with Crippen LogP contribution in [-0.4, -0.2) is 24.7 Å². The van der Waals surface area contributed by atoms with Crippen molar-refractivity contribution in [2.75, 3.05) is 12.0 Å². The van der Waals surface area contributed by atoms with Crippen LogP contribution in [0.5, 0.6) is 5.75 Å². The summed E-state index contributed by atoms with van der Waals surface area (Å²) in [6.45, 7) is 4.69. The van der Waals surface area contributed by atoms with Gasteiger partial charge in [-0.3, -0.25) is 4.79 Å². The summed E-state index contributed by atoms with van der Waals surface area (Å²) < 4.78 is 50.6. The van der Waals surface area contributed by atoms with E-state index < -0.39 is 34.2 Å². The summed E-state index contributed by atoms with van der Waals surface area (Å²) in [4.78, 5) is 24.7. The van der Waals surface area contributed by atoms with Gasteiger partial charge in [-0.05, 0) is 51.1 Å². The summed E-state index contributed by atoms with van der Waals surface area (Å²) in [6.07, 6.45) is -5.86. The zero-order valence-corrected chi connectivity index (χ0v) is 18.4. The predicted molar refractivity (Wildman–Crippen MR) is 110 cm³/mol. The first kappa shape index (κ1) is 23.2. The standard InChI is InChI=1S/C21H18Cl2F3NO4/c1-19(2,3)31-18(29)27-15-9-11(21(24,25)26)5-7-13(15)20(23,17(27)28)14-10-12(22)6-8-16(14)30-4/h5-10H,1-4H3/t20-/m0/s1. The van der Waals surface area contributed by atoms with Crippen LogP contribution >= 0.6 is 23.2 Å². The smallest absolute Gasteiger partial charge is 0.421 e. The first-order valence-electron chi connectivity index (χ1n) is 9.02. The van der Waals surface area contributed by atoms with Gasteiger partial charge < -0.3 is 9.47 Å². The number of amides is 2. The Kier molecular flexibility index (Phi) is 5.69. The van der Waals surface area contributed by atoms with Crippen molar-refractivity contribution in [2.45, 2.75) is 37.4 Å². The van der Waals surface area contributed by atoms with Gasteiger partial charge in [0, 0.05) is 16.1 Å². The van der Waals surface area contributed by atoms with Crippen LogP contribution in [0.25, 0.3) is 0 Å². The predicted octanol–water partition coefficient (Wildman–Crippen LogP) is 6.13. The Morgan fingerprint density at radius 1 is 1.06 bits per heavy atom. The summed E-state index contributed by atoms with van der Waals surface area (Å²) >= 11 is 12.9. The zero-order valence-electron chi connectivity index (χ0n) is 16.9. The zero-order chi connectivity index (χ0) is 23.4. The largest absolute Gasteiger partial charge is 0.496 e. The van der Waals surface area contributed by atoms with Gasteiger partial charge in [0.25, 0.3) is 5.91 Å². The molecule has 1 heterocycles. The lowest BCUT2D eigenvalue weighted by Crippen LogP contribution is -2.43. The maximum atomic E-state index is 13.5. The number of alkyl halides is 4. The van der Waals surface area contributed by atoms with Gasteiger partial charge in [0.1, 0.15) is 11.4 Å². The fourth-order valence-corrected chi connectivity index (χ4v) is 3.83. The van der Waals surface area contributed by atoms with Crippen LogP contribution in [0.4, 0.5) is 23.7 Å². The third-order valence-electron chi connectivity index (χ3n) is 4.54. The van der Waals surface area contributed by atoms with E-state index in [0.29, 0.717) is 11.0 Å². The van der Waals surface area contributed by atoms with Crippen molar-refractivity contribution in [1.29, 1.82) is 0 Å². The van der Waals surface area contributed by atoms with Crippen molar-refractivity contribution < 1.29 is 32.2 Å². The Labute approximate surface area is 186 Å². The van der Waals surface area contributed by atoms with Gasteiger partial charge in [0.2, 0.25) is 0 Å². The monoisotopic (exact) mass is 475 g/mol. The number of carbonyl (C=O) groups is 2. The fraction of sp³-hybridized carbons (Fsp3) is 0.333. The van der Waals surface area contributed by atoms with Gasteiger partial charge in [0.15, 0.2) is 4.87 Å². The quantitative estimate of drug-likeness (QED) is 0.490. The Bertz CT molecular complexity index is 1070. The van der Waals surface area contributed by atoms with E-state index >= 15 is 0 Å². The summed E-state index contributed by atoms with van der Waals surface area (Å²) in [5.41, 5.74) is -2.33. The van der Waals surface area contributed by atoms with E-state index in [9.17, 15) is 22.8 Å². The van der Waals surface area contributed by atoms with Crippen LogP contribution in [0.2, 0.25) is 5.02 Å². The van der Waals surface area contributed by atoms with E-state index in [4.69, 9.17) is 32.7 Å². The number of hydrogen-bond acceptors (Lipinski definition) is 4. The molecule has 2 amide bonds. The lowest BCUT2D eigenvalue weighted by Gasteiger charge is -2.26. The highest BCUT2D eigenvalue weighted by atomic mass is 35.5. The minimum absolute atomic E-state index is 0.0291. The molecule has 0 saturated heterocycles. The SMILES string of the molecule is COc1ccc(Cl)cc1[C@]1(Cl)C(=O)N(C(=O)OC(C)(C)C)c2cc(C(F)(F)F)ccc21. The highest BCUT2D eigenvalue weighted by molar-refractivity contribution is 6.44. The average molecular weight is 476 g/mol. The van der Waals surface area contributed by atoms with Crippen LogP contribution in [0.3, 0.4) is 0 Å². The molecule has 1 aliphatic rings. The molecular formula is C21H18Cl2F3NO4. The number of halogens is 5. The molecule has 31 heavy (non-hydrogen) atoms. The Morgan fingerprint density at radius 3 is 2.26 bits per heavy atom. The van der Waals surface area contributed by atoms with Crippen molar-refractivity contribution in [2.24, 2.45) is 0 Å². The highest BCUT2D eigenvalue weighted by Crippen LogP contribution is 2.53. The van der Waals surface area contributed by atoms with Crippen LogP contribution < -0.4 is 9.64 Å². The summed E-state index contributed by atoms with van der Waals surface area (Å²) in [5.74, 6) is -0.831. The average Bonchev–Trinajstić information content (AvgIpc) is 2.87. The van der Waals surface area contributed by atoms with Crippen LogP contribution in [0.1, 0.15) is 37.5 Å². The molecule has 0 spiro atoms. The molecule has 3 rings (SSSR count). The second-order valence-corrected chi connectivity index (χ2v) is 8.86. The fourth-order valence-electron chi connectivity index (χ4n) is 3.26. The van der Waals surface area contributed by atoms with Crippen molar-refractivity contribution in [3.63, 3.8) is 0 Å². The molecule has 10 heteroatoms. The third kappa shape index (κ3) is 4.06. The number of nitrogens with zero attached hydrogens (tertiary/aromatic N) is 1. The van der Waals surface area contributed by atoms with Gasteiger partial charge in [-0.1, -0.05) is 29.3 Å². The third-order valence-corrected chi connectivity index (χ3v) is 5.35. The molecular weight excluding hydrogens is 458 g/mol. The second-order valence-electron chi connectivity index (χ2n) is 7.85. The minimum Gasteiger partial charge on any atom is -0.496 e. The van der Waals surface area contributed by atoms with Crippen molar-refractivity contribution in [3.8, 4) is 5.75 Å². The number of fused-ring (bicyclic) bond motifs is 1. The van der Waals surface area contributed by atoms with Crippen LogP contribution in [0.15, 0.2) is 36.4 Å². The molecule has 1 atom stereocenters. The summed E-state index contributed by atoms with van der Waals surface area (Å²) in [7, 11) is 1.34. The molecule has 2 aromatic rings. The lowest BCUT2D eigenvalue weighted by atomic mass is 9.90. The van der Waals surface area contributed by atoms with E-state index in [2.05, 4.69) is 0 Å². The normalized spacial score (nSPS) is 18.7. The molecule has 1 aliphatic heterocycles. The minimum atomic E-state index is -4.71. The highest BCUT2D eigenvalue weighted by Gasteiger charge is 2.56. The Balaban J connectivity index is 2.29. The second kappa shape index (κ2) is 7.60. The first-order chi connectivity index (χ1) is 14.2. The molecule has 0 bridgehead atoms. The van der Waals surface area contributed by atoms with Crippen molar-refractivity contribution in [3.05, 3.63) is 58.1 Å². The van der Waals surface area contributed by atoms with Crippen LogP contribution in [-0.2, 0) is 20.6 Å². The molecule has 0 unspecified atom stereocenters. The number of ether oxygens (including phenoxy) is 2. The topological polar surface area (TPSA) is 55.8 Å². The van der Waals surface area contributed by atoms with Gasteiger partial charge in [-0.25, -0.2) is 9.69 Å². The maximum absolute atomic E-state index is 13.5. The van der Waals surface area contributed by atoms with Crippen molar-refractivity contribution >= 4 is 40.9 Å². The summed E-state index contributed by atoms with van der Waals surface area (Å²) in [6, 6.07) is 6.88. The number of hydrogen-bond donors (Lipinski definition) is 0. The lowest BCUT2D eigenvalue weighted by molar-refractivity contribution is -0.137. The van der Waals surface area contributed by atoms with Gasteiger partial charge in [0.05, 0.1) is 18.4 Å². The maximum Gasteiger partial charge on any atom is 0.421 e. The molecule has 2 aromatic carbocycles. The molecule has 0 fully saturated rings. The molecule has 0 radical (unpaired) electrons. The number of benzene rings is 2. The van der Waals surface area contributed by atoms with E-state index in [1.165, 1.54) is 25.3 Å². The molecule has 0 N–H and O–H groups in total. The number of anilines is 1.